The van der Waals surface area contributed by atoms with Gasteiger partial charge in [0, 0.05) is 47.6 Å². The molecule has 2 aliphatic heterocycles. The molecular weight excluding hydrogens is 414 g/mol. The lowest BCUT2D eigenvalue weighted by atomic mass is 9.77. The molecule has 0 fully saturated rings. The number of benzene rings is 3. The van der Waals surface area contributed by atoms with E-state index in [0.29, 0.717) is 29.4 Å². The van der Waals surface area contributed by atoms with Crippen molar-refractivity contribution in [1.82, 2.24) is 0 Å². The summed E-state index contributed by atoms with van der Waals surface area (Å²) >= 11 is 0. The molecule has 0 N–H and O–H groups in total. The van der Waals surface area contributed by atoms with Crippen LogP contribution in [0, 0.1) is 0 Å². The van der Waals surface area contributed by atoms with Crippen LogP contribution < -0.4 is 14.4 Å². The van der Waals surface area contributed by atoms with E-state index in [1.807, 2.05) is 73.7 Å². The average Bonchev–Trinajstić information content (AvgIpc) is 3.13. The number of hydrogen-bond acceptors (Lipinski definition) is 5. The van der Waals surface area contributed by atoms with Crippen LogP contribution in [0.15, 0.2) is 72.8 Å². The molecule has 168 valence electrons. The Bertz CT molecular complexity index is 1240. The van der Waals surface area contributed by atoms with Crippen LogP contribution in [0.4, 0.5) is 5.69 Å². The monoisotopic (exact) mass is 441 g/mol. The highest BCUT2D eigenvalue weighted by atomic mass is 16.6. The summed E-state index contributed by atoms with van der Waals surface area (Å²) < 4.78 is 18.5. The molecule has 5 rings (SSSR count). The molecule has 3 aromatic rings. The van der Waals surface area contributed by atoms with Gasteiger partial charge in [0.25, 0.3) is 0 Å². The van der Waals surface area contributed by atoms with Crippen molar-refractivity contribution in [2.75, 3.05) is 24.6 Å². The Kier molecular flexibility index (Phi) is 5.33. The highest BCUT2D eigenvalue weighted by Crippen LogP contribution is 2.57. The Morgan fingerprint density at radius 1 is 0.939 bits per heavy atom. The SMILES string of the molecule is C/C=C/COc1ccc2c(c1)Oc1cc(N(CC)CC)ccc1C21OC(=O)c2ccccc21. The number of fused-ring (bicyclic) bond motifs is 6. The molecular formula is C28H27NO4. The van der Waals surface area contributed by atoms with Crippen molar-refractivity contribution in [3.8, 4) is 17.2 Å². The van der Waals surface area contributed by atoms with Gasteiger partial charge >= 0.3 is 5.97 Å². The van der Waals surface area contributed by atoms with Crippen LogP contribution in [0.3, 0.4) is 0 Å². The Balaban J connectivity index is 1.71. The van der Waals surface area contributed by atoms with E-state index in [1.54, 1.807) is 0 Å². The minimum Gasteiger partial charge on any atom is -0.489 e. The summed E-state index contributed by atoms with van der Waals surface area (Å²) in [5.74, 6) is 1.68. The first-order valence-corrected chi connectivity index (χ1v) is 11.4. The molecule has 2 aliphatic rings. The lowest BCUT2D eigenvalue weighted by molar-refractivity contribution is 0.0224. The number of rotatable bonds is 6. The molecule has 0 saturated heterocycles. The highest BCUT2D eigenvalue weighted by molar-refractivity contribution is 5.97. The molecule has 0 aliphatic carbocycles. The first-order valence-electron chi connectivity index (χ1n) is 11.4. The van der Waals surface area contributed by atoms with Gasteiger partial charge in [-0.3, -0.25) is 0 Å². The average molecular weight is 442 g/mol. The lowest BCUT2D eigenvalue weighted by Crippen LogP contribution is -2.33. The third-order valence-corrected chi connectivity index (χ3v) is 6.38. The fourth-order valence-electron chi connectivity index (χ4n) is 4.76. The van der Waals surface area contributed by atoms with Crippen LogP contribution in [0.1, 0.15) is 47.8 Å². The van der Waals surface area contributed by atoms with Gasteiger partial charge in [-0.25, -0.2) is 4.79 Å². The van der Waals surface area contributed by atoms with Gasteiger partial charge in [-0.2, -0.15) is 0 Å². The van der Waals surface area contributed by atoms with Gasteiger partial charge in [-0.05, 0) is 51.1 Å². The molecule has 0 radical (unpaired) electrons. The third kappa shape index (κ3) is 3.27. The lowest BCUT2D eigenvalue weighted by Gasteiger charge is -2.37. The minimum atomic E-state index is -1.06. The van der Waals surface area contributed by atoms with Crippen LogP contribution in [0.25, 0.3) is 0 Å². The molecule has 1 atom stereocenters. The maximum atomic E-state index is 13.0. The molecule has 1 unspecified atom stereocenters. The van der Waals surface area contributed by atoms with Crippen molar-refractivity contribution in [2.24, 2.45) is 0 Å². The summed E-state index contributed by atoms with van der Waals surface area (Å²) in [6.45, 7) is 8.46. The summed E-state index contributed by atoms with van der Waals surface area (Å²) in [6, 6.07) is 19.4. The van der Waals surface area contributed by atoms with Gasteiger partial charge in [0.05, 0.1) is 5.56 Å². The smallest absolute Gasteiger partial charge is 0.340 e. The molecule has 0 aromatic heterocycles. The zero-order valence-corrected chi connectivity index (χ0v) is 19.1. The second-order valence-corrected chi connectivity index (χ2v) is 8.11. The van der Waals surface area contributed by atoms with Crippen LogP contribution in [0.2, 0.25) is 0 Å². The van der Waals surface area contributed by atoms with E-state index in [9.17, 15) is 4.79 Å². The van der Waals surface area contributed by atoms with Crippen molar-refractivity contribution < 1.29 is 19.0 Å². The van der Waals surface area contributed by atoms with Crippen LogP contribution in [0.5, 0.6) is 17.2 Å². The van der Waals surface area contributed by atoms with Crippen LogP contribution in [-0.4, -0.2) is 25.7 Å². The minimum absolute atomic E-state index is 0.328. The van der Waals surface area contributed by atoms with Crippen molar-refractivity contribution in [3.05, 3.63) is 95.1 Å². The number of nitrogens with zero attached hydrogens (tertiary/aromatic N) is 1. The number of carbonyl (C=O) groups is 1. The Morgan fingerprint density at radius 3 is 2.42 bits per heavy atom. The first kappa shape index (κ1) is 21.1. The summed E-state index contributed by atoms with van der Waals surface area (Å²) in [4.78, 5) is 15.2. The Hall–Kier alpha value is -3.73. The number of anilines is 1. The molecule has 1 spiro atoms. The van der Waals surface area contributed by atoms with E-state index in [-0.39, 0.29) is 5.97 Å². The number of ether oxygens (including phenoxy) is 3. The van der Waals surface area contributed by atoms with Crippen LogP contribution >= 0.6 is 0 Å². The van der Waals surface area contributed by atoms with Gasteiger partial charge in [-0.15, -0.1) is 0 Å². The largest absolute Gasteiger partial charge is 0.489 e. The van der Waals surface area contributed by atoms with Gasteiger partial charge in [0.1, 0.15) is 23.9 Å². The standard InChI is InChI=1S/C28H27NO4/c1-4-7-16-31-20-13-15-24-26(18-20)32-25-17-19(29(5-2)6-3)12-14-23(25)28(24)22-11-9-8-10-21(22)27(30)33-28/h4,7-15,17-18H,5-6,16H2,1-3H3/b7-4+. The topological polar surface area (TPSA) is 48.0 Å². The first-order chi connectivity index (χ1) is 16.1. The predicted molar refractivity (Wildman–Crippen MR) is 129 cm³/mol. The van der Waals surface area contributed by atoms with Crippen molar-refractivity contribution in [2.45, 2.75) is 26.4 Å². The van der Waals surface area contributed by atoms with E-state index < -0.39 is 5.60 Å². The molecule has 5 heteroatoms. The van der Waals surface area contributed by atoms with Crippen molar-refractivity contribution in [1.29, 1.82) is 0 Å². The number of allylic oxidation sites excluding steroid dienone is 1. The predicted octanol–water partition coefficient (Wildman–Crippen LogP) is 6.06. The maximum Gasteiger partial charge on any atom is 0.340 e. The summed E-state index contributed by atoms with van der Waals surface area (Å²) in [6.07, 6.45) is 3.90. The number of carbonyl (C=O) groups excluding carboxylic acids is 1. The van der Waals surface area contributed by atoms with E-state index in [0.717, 1.165) is 35.5 Å². The third-order valence-electron chi connectivity index (χ3n) is 6.38. The molecule has 0 bridgehead atoms. The van der Waals surface area contributed by atoms with Crippen molar-refractivity contribution >= 4 is 11.7 Å². The second kappa shape index (κ2) is 8.32. The quantitative estimate of drug-likeness (QED) is 0.344. The highest BCUT2D eigenvalue weighted by Gasteiger charge is 2.53. The fraction of sp³-hybridized carbons (Fsp3) is 0.250. The van der Waals surface area contributed by atoms with Crippen molar-refractivity contribution in [3.63, 3.8) is 0 Å². The zero-order chi connectivity index (χ0) is 23.0. The molecule has 0 amide bonds. The number of esters is 1. The van der Waals surface area contributed by atoms with Gasteiger partial charge in [0.2, 0.25) is 0 Å². The molecule has 2 heterocycles. The Labute approximate surface area is 194 Å². The fourth-order valence-corrected chi connectivity index (χ4v) is 4.76. The second-order valence-electron chi connectivity index (χ2n) is 8.11. The normalized spacial score (nSPS) is 17.8. The molecule has 3 aromatic carbocycles. The van der Waals surface area contributed by atoms with Gasteiger partial charge in [0.15, 0.2) is 5.60 Å². The van der Waals surface area contributed by atoms with E-state index in [1.165, 1.54) is 0 Å². The summed E-state index contributed by atoms with van der Waals surface area (Å²) in [5, 5.41) is 0. The number of hydrogen-bond donors (Lipinski definition) is 0. The van der Waals surface area contributed by atoms with E-state index in [2.05, 4.69) is 24.8 Å². The van der Waals surface area contributed by atoms with Gasteiger partial charge < -0.3 is 19.1 Å². The maximum absolute atomic E-state index is 13.0. The summed E-state index contributed by atoms with van der Waals surface area (Å²) in [5.41, 5.74) is 3.04. The Morgan fingerprint density at radius 2 is 1.67 bits per heavy atom. The molecule has 0 saturated carbocycles. The van der Waals surface area contributed by atoms with E-state index >= 15 is 0 Å². The molecule has 33 heavy (non-hydrogen) atoms. The van der Waals surface area contributed by atoms with Crippen LogP contribution in [-0.2, 0) is 10.3 Å². The summed E-state index contributed by atoms with van der Waals surface area (Å²) in [7, 11) is 0. The zero-order valence-electron chi connectivity index (χ0n) is 19.1. The van der Waals surface area contributed by atoms with Gasteiger partial charge in [-0.1, -0.05) is 30.4 Å². The molecule has 5 nitrogen and oxygen atoms in total. The van der Waals surface area contributed by atoms with E-state index in [4.69, 9.17) is 14.2 Å².